The summed E-state index contributed by atoms with van der Waals surface area (Å²) in [7, 11) is 0. The van der Waals surface area contributed by atoms with Crippen molar-refractivity contribution < 1.29 is 18.7 Å². The van der Waals surface area contributed by atoms with Gasteiger partial charge in [-0.1, -0.05) is 0 Å². The molecule has 3 aromatic heterocycles. The first-order valence-electron chi connectivity index (χ1n) is 11.1. The van der Waals surface area contributed by atoms with E-state index in [2.05, 4.69) is 25.6 Å². The molecule has 0 spiro atoms. The average molecular weight is 476 g/mol. The summed E-state index contributed by atoms with van der Waals surface area (Å²) < 4.78 is 18.7. The van der Waals surface area contributed by atoms with Crippen LogP contribution in [0.1, 0.15) is 27.7 Å². The maximum Gasteiger partial charge on any atom is 0.408 e. The van der Waals surface area contributed by atoms with Crippen molar-refractivity contribution in [3.8, 4) is 22.4 Å². The molecule has 2 amide bonds. The number of fused-ring (bicyclic) bond motifs is 1. The highest BCUT2D eigenvalue weighted by Gasteiger charge is 2.22. The van der Waals surface area contributed by atoms with Gasteiger partial charge in [0.2, 0.25) is 5.91 Å². The zero-order valence-corrected chi connectivity index (χ0v) is 19.8. The van der Waals surface area contributed by atoms with Gasteiger partial charge in [0, 0.05) is 23.3 Å². The molecule has 0 fully saturated rings. The predicted molar refractivity (Wildman–Crippen MR) is 132 cm³/mol. The van der Waals surface area contributed by atoms with E-state index < -0.39 is 23.6 Å². The third-order valence-corrected chi connectivity index (χ3v) is 5.14. The predicted octanol–water partition coefficient (Wildman–Crippen LogP) is 5.28. The van der Waals surface area contributed by atoms with Crippen molar-refractivity contribution in [2.45, 2.75) is 39.3 Å². The van der Waals surface area contributed by atoms with E-state index in [4.69, 9.17) is 4.74 Å². The summed E-state index contributed by atoms with van der Waals surface area (Å²) in [6.07, 6.45) is 2.71. The minimum absolute atomic E-state index is 0.313. The smallest absolute Gasteiger partial charge is 0.408 e. The summed E-state index contributed by atoms with van der Waals surface area (Å²) >= 11 is 0. The van der Waals surface area contributed by atoms with Crippen LogP contribution in [0.15, 0.2) is 60.9 Å². The minimum Gasteiger partial charge on any atom is -0.444 e. The molecular weight excluding hydrogens is 449 g/mol. The van der Waals surface area contributed by atoms with E-state index in [-0.39, 0.29) is 5.82 Å². The van der Waals surface area contributed by atoms with E-state index in [0.29, 0.717) is 11.5 Å². The molecule has 0 aliphatic rings. The number of benzene rings is 1. The summed E-state index contributed by atoms with van der Waals surface area (Å²) in [5, 5.41) is 6.05. The molecule has 0 radical (unpaired) electrons. The molecular formula is C26H26FN5O3. The van der Waals surface area contributed by atoms with Crippen molar-refractivity contribution in [3.05, 3.63) is 66.7 Å². The number of alkyl carbamates (subject to hydrolysis) is 1. The molecule has 0 aliphatic heterocycles. The number of hydrogen-bond acceptors (Lipinski definition) is 5. The van der Waals surface area contributed by atoms with Gasteiger partial charge in [0.25, 0.3) is 0 Å². The first kappa shape index (κ1) is 23.9. The lowest BCUT2D eigenvalue weighted by Crippen LogP contribution is -2.44. The number of halogens is 1. The van der Waals surface area contributed by atoms with Gasteiger partial charge in [0.15, 0.2) is 0 Å². The number of hydrogen-bond donors (Lipinski definition) is 3. The number of carbonyl (C=O) groups is 2. The normalized spacial score (nSPS) is 12.3. The number of anilines is 1. The van der Waals surface area contributed by atoms with Crippen LogP contribution in [0.25, 0.3) is 33.4 Å². The Hall–Kier alpha value is -4.27. The Bertz CT molecular complexity index is 1360. The Balaban J connectivity index is 1.63. The van der Waals surface area contributed by atoms with Crippen LogP contribution in [-0.4, -0.2) is 38.6 Å². The fourth-order valence-corrected chi connectivity index (χ4v) is 3.58. The van der Waals surface area contributed by atoms with E-state index in [1.807, 2.05) is 18.2 Å². The molecule has 1 atom stereocenters. The van der Waals surface area contributed by atoms with Crippen LogP contribution >= 0.6 is 0 Å². The number of aromatic nitrogens is 3. The first-order chi connectivity index (χ1) is 16.6. The van der Waals surface area contributed by atoms with Gasteiger partial charge < -0.3 is 20.4 Å². The minimum atomic E-state index is -0.840. The van der Waals surface area contributed by atoms with Gasteiger partial charge in [0.05, 0.1) is 5.69 Å². The molecule has 0 saturated heterocycles. The maximum atomic E-state index is 13.5. The molecule has 9 heteroatoms. The highest BCUT2D eigenvalue weighted by molar-refractivity contribution is 6.03. The topological polar surface area (TPSA) is 109 Å². The monoisotopic (exact) mass is 475 g/mol. The standard InChI is InChI=1S/C26H26FN5O3/c1-15(29-25(34)35-26(2,3)4)24(33)31-20-10-9-19-21(16-11-13-28-14-12-16)22(32-23(19)30-20)17-5-7-18(27)8-6-17/h5-15H,1-4H3,(H,29,34)(H2,30,31,32,33)/t15-/m0/s1. The van der Waals surface area contributed by atoms with E-state index in [9.17, 15) is 14.0 Å². The van der Waals surface area contributed by atoms with E-state index >= 15 is 0 Å². The summed E-state index contributed by atoms with van der Waals surface area (Å²) in [5.41, 5.74) is 3.23. The Morgan fingerprint density at radius 1 is 1.00 bits per heavy atom. The van der Waals surface area contributed by atoms with Crippen LogP contribution in [0.4, 0.5) is 15.0 Å². The largest absolute Gasteiger partial charge is 0.444 e. The molecule has 3 heterocycles. The van der Waals surface area contributed by atoms with E-state index in [0.717, 1.165) is 27.8 Å². The molecule has 3 N–H and O–H groups in total. The summed E-state index contributed by atoms with van der Waals surface area (Å²) in [6, 6.07) is 12.6. The van der Waals surface area contributed by atoms with Crippen LogP contribution in [-0.2, 0) is 9.53 Å². The lowest BCUT2D eigenvalue weighted by molar-refractivity contribution is -0.117. The lowest BCUT2D eigenvalue weighted by Gasteiger charge is -2.21. The summed E-state index contributed by atoms with van der Waals surface area (Å²) in [4.78, 5) is 36.6. The molecule has 1 aromatic carbocycles. The van der Waals surface area contributed by atoms with Crippen molar-refractivity contribution in [2.24, 2.45) is 0 Å². The quantitative estimate of drug-likeness (QED) is 0.364. The molecule has 0 aliphatic carbocycles. The van der Waals surface area contributed by atoms with Gasteiger partial charge in [-0.15, -0.1) is 0 Å². The molecule has 0 saturated carbocycles. The van der Waals surface area contributed by atoms with Crippen LogP contribution < -0.4 is 10.6 Å². The SMILES string of the molecule is C[C@H](NC(=O)OC(C)(C)C)C(=O)Nc1ccc2c(-c3ccncc3)c(-c3ccc(F)cc3)[nH]c2n1. The Morgan fingerprint density at radius 3 is 2.34 bits per heavy atom. The molecule has 8 nitrogen and oxygen atoms in total. The van der Waals surface area contributed by atoms with Crippen molar-refractivity contribution in [1.82, 2.24) is 20.3 Å². The van der Waals surface area contributed by atoms with Gasteiger partial charge in [-0.05, 0) is 87.4 Å². The number of nitrogens with zero attached hydrogens (tertiary/aromatic N) is 2. The van der Waals surface area contributed by atoms with Crippen LogP contribution in [0, 0.1) is 5.82 Å². The first-order valence-corrected chi connectivity index (χ1v) is 11.1. The van der Waals surface area contributed by atoms with Crippen molar-refractivity contribution in [1.29, 1.82) is 0 Å². The Labute approximate surface area is 201 Å². The van der Waals surface area contributed by atoms with Crippen molar-refractivity contribution in [2.75, 3.05) is 5.32 Å². The summed E-state index contributed by atoms with van der Waals surface area (Å²) in [5.74, 6) is -0.455. The highest BCUT2D eigenvalue weighted by Crippen LogP contribution is 2.38. The molecule has 4 aromatic rings. The fraction of sp³-hybridized carbons (Fsp3) is 0.231. The number of nitrogens with one attached hydrogen (secondary N) is 3. The van der Waals surface area contributed by atoms with Gasteiger partial charge in [-0.25, -0.2) is 14.2 Å². The Kier molecular flexibility index (Phi) is 6.50. The number of aromatic amines is 1. The number of H-pyrrole nitrogens is 1. The zero-order valence-electron chi connectivity index (χ0n) is 19.8. The number of carbonyl (C=O) groups excluding carboxylic acids is 2. The maximum absolute atomic E-state index is 13.5. The number of rotatable bonds is 5. The second-order valence-electron chi connectivity index (χ2n) is 9.07. The Morgan fingerprint density at radius 2 is 1.69 bits per heavy atom. The molecule has 0 bridgehead atoms. The van der Waals surface area contributed by atoms with Gasteiger partial charge in [-0.2, -0.15) is 0 Å². The van der Waals surface area contributed by atoms with Crippen LogP contribution in [0.5, 0.6) is 0 Å². The van der Waals surface area contributed by atoms with Gasteiger partial charge >= 0.3 is 6.09 Å². The van der Waals surface area contributed by atoms with E-state index in [1.165, 1.54) is 12.1 Å². The van der Waals surface area contributed by atoms with Crippen molar-refractivity contribution in [3.63, 3.8) is 0 Å². The zero-order chi connectivity index (χ0) is 25.2. The van der Waals surface area contributed by atoms with Crippen LogP contribution in [0.2, 0.25) is 0 Å². The van der Waals surface area contributed by atoms with Crippen molar-refractivity contribution >= 4 is 28.9 Å². The number of pyridine rings is 2. The van der Waals surface area contributed by atoms with Gasteiger partial charge in [0.1, 0.15) is 28.9 Å². The molecule has 180 valence electrons. The second kappa shape index (κ2) is 9.54. The fourth-order valence-electron chi connectivity index (χ4n) is 3.58. The van der Waals surface area contributed by atoms with Gasteiger partial charge in [-0.3, -0.25) is 9.78 Å². The average Bonchev–Trinajstić information content (AvgIpc) is 3.17. The van der Waals surface area contributed by atoms with E-state index in [1.54, 1.807) is 58.3 Å². The third-order valence-electron chi connectivity index (χ3n) is 5.14. The lowest BCUT2D eigenvalue weighted by atomic mass is 10.00. The number of amides is 2. The molecule has 0 unspecified atom stereocenters. The highest BCUT2D eigenvalue weighted by atomic mass is 19.1. The number of ether oxygens (including phenoxy) is 1. The third kappa shape index (κ3) is 5.63. The molecule has 4 rings (SSSR count). The van der Waals surface area contributed by atoms with Crippen LogP contribution in [0.3, 0.4) is 0 Å². The summed E-state index contributed by atoms with van der Waals surface area (Å²) in [6.45, 7) is 6.79. The molecule has 35 heavy (non-hydrogen) atoms. The second-order valence-corrected chi connectivity index (χ2v) is 9.07.